The lowest BCUT2D eigenvalue weighted by Crippen LogP contribution is -2.36. The van der Waals surface area contributed by atoms with Gasteiger partial charge in [0.05, 0.1) is 19.2 Å². The lowest BCUT2D eigenvalue weighted by molar-refractivity contribution is -0.124. The van der Waals surface area contributed by atoms with E-state index in [2.05, 4.69) is 34.7 Å². The number of fused-ring (bicyclic) bond motifs is 1. The summed E-state index contributed by atoms with van der Waals surface area (Å²) < 4.78 is 15.6. The highest BCUT2D eigenvalue weighted by atomic mass is 19.1. The number of imide groups is 1. The summed E-state index contributed by atoms with van der Waals surface area (Å²) >= 11 is 0. The van der Waals surface area contributed by atoms with Gasteiger partial charge in [0.25, 0.3) is 5.91 Å². The predicted molar refractivity (Wildman–Crippen MR) is 122 cm³/mol. The van der Waals surface area contributed by atoms with Crippen molar-refractivity contribution in [3.63, 3.8) is 0 Å². The monoisotopic (exact) mass is 456 g/mol. The van der Waals surface area contributed by atoms with Crippen molar-refractivity contribution in [1.82, 2.24) is 29.8 Å². The highest BCUT2D eigenvalue weighted by Gasteiger charge is 2.29. The van der Waals surface area contributed by atoms with E-state index in [0.717, 1.165) is 25.7 Å². The Morgan fingerprint density at radius 1 is 1.18 bits per heavy atom. The van der Waals surface area contributed by atoms with Gasteiger partial charge in [0.2, 0.25) is 17.8 Å². The van der Waals surface area contributed by atoms with Gasteiger partial charge in [-0.3, -0.25) is 14.9 Å². The van der Waals surface area contributed by atoms with Crippen LogP contribution in [0.15, 0.2) is 11.8 Å². The van der Waals surface area contributed by atoms with E-state index in [1.54, 1.807) is 16.8 Å². The molecule has 4 heterocycles. The number of rotatable bonds is 5. The molecule has 11 heteroatoms. The summed E-state index contributed by atoms with van der Waals surface area (Å²) in [5.74, 6) is 0.283. The van der Waals surface area contributed by atoms with E-state index in [0.29, 0.717) is 47.7 Å². The molecule has 2 aromatic rings. The largest absolute Gasteiger partial charge is 0.351 e. The van der Waals surface area contributed by atoms with Crippen LogP contribution in [0.2, 0.25) is 0 Å². The highest BCUT2D eigenvalue weighted by molar-refractivity contribution is 6.15. The Kier molecular flexibility index (Phi) is 5.73. The first-order valence-corrected chi connectivity index (χ1v) is 11.5. The Labute approximate surface area is 191 Å². The number of nitrogens with one attached hydrogen (secondary N) is 2. The molecule has 1 aliphatic carbocycles. The summed E-state index contributed by atoms with van der Waals surface area (Å²) in [7, 11) is 4.23. The number of aromatic nitrogens is 4. The number of halogens is 1. The molecule has 1 saturated carbocycles. The smallest absolute Gasteiger partial charge is 0.254 e. The SMILES string of the molecule is CN(C)C1CCC(Nc2nc(N3CC[C@@H](F)C3)n3ncc(/C=C4\CC(=O)NC4=O)c3n2)CC1. The summed E-state index contributed by atoms with van der Waals surface area (Å²) in [4.78, 5) is 37.2. The van der Waals surface area contributed by atoms with Crippen LogP contribution in [0.4, 0.5) is 16.3 Å². The van der Waals surface area contributed by atoms with Crippen molar-refractivity contribution in [2.75, 3.05) is 37.4 Å². The maximum absolute atomic E-state index is 14.0. The second kappa shape index (κ2) is 8.69. The molecule has 2 aromatic heterocycles. The highest BCUT2D eigenvalue weighted by Crippen LogP contribution is 2.27. The average molecular weight is 457 g/mol. The van der Waals surface area contributed by atoms with Gasteiger partial charge in [-0.25, -0.2) is 4.39 Å². The second-order valence-electron chi connectivity index (χ2n) is 9.35. The molecule has 3 aliphatic rings. The van der Waals surface area contributed by atoms with Gasteiger partial charge in [0.1, 0.15) is 6.17 Å². The molecular weight excluding hydrogens is 427 g/mol. The standard InChI is InChI=1S/C22H29FN8O2/c1-29(2)17-5-3-16(4-6-17)25-21-27-19-14(9-13-10-18(32)26-20(13)33)11-24-31(19)22(28-21)30-8-7-15(23)12-30/h9,11,15-17H,3-8,10,12H2,1-2H3,(H,25,27)(H,26,32,33)/b13-9+/t15-,16?,17?/m1/s1. The van der Waals surface area contributed by atoms with Crippen molar-refractivity contribution >= 4 is 35.4 Å². The number of hydrogen-bond donors (Lipinski definition) is 2. The molecule has 0 unspecified atom stereocenters. The molecule has 3 fully saturated rings. The first kappa shape index (κ1) is 21.7. The van der Waals surface area contributed by atoms with Gasteiger partial charge in [-0.15, -0.1) is 0 Å². The topological polar surface area (TPSA) is 108 Å². The van der Waals surface area contributed by atoms with Crippen molar-refractivity contribution in [1.29, 1.82) is 0 Å². The fourth-order valence-corrected chi connectivity index (χ4v) is 4.88. The summed E-state index contributed by atoms with van der Waals surface area (Å²) in [5, 5.41) is 10.2. The van der Waals surface area contributed by atoms with Gasteiger partial charge < -0.3 is 15.1 Å². The molecule has 176 valence electrons. The molecule has 0 spiro atoms. The van der Waals surface area contributed by atoms with Crippen LogP contribution >= 0.6 is 0 Å². The summed E-state index contributed by atoms with van der Waals surface area (Å²) in [6.07, 6.45) is 7.05. The van der Waals surface area contributed by atoms with Crippen LogP contribution in [0, 0.1) is 0 Å². The third kappa shape index (κ3) is 4.41. The van der Waals surface area contributed by atoms with Gasteiger partial charge in [-0.1, -0.05) is 0 Å². The van der Waals surface area contributed by atoms with Gasteiger partial charge in [0, 0.05) is 29.8 Å². The number of carbonyl (C=O) groups excluding carboxylic acids is 2. The Morgan fingerprint density at radius 2 is 1.97 bits per heavy atom. The van der Waals surface area contributed by atoms with E-state index < -0.39 is 12.1 Å². The van der Waals surface area contributed by atoms with Gasteiger partial charge in [0.15, 0.2) is 5.65 Å². The molecule has 2 N–H and O–H groups in total. The van der Waals surface area contributed by atoms with Crippen molar-refractivity contribution in [2.45, 2.75) is 56.8 Å². The molecule has 2 aliphatic heterocycles. The van der Waals surface area contributed by atoms with Crippen LogP contribution in [0.1, 0.15) is 44.1 Å². The van der Waals surface area contributed by atoms with Crippen LogP contribution in [0.3, 0.4) is 0 Å². The summed E-state index contributed by atoms with van der Waals surface area (Å²) in [5.41, 5.74) is 1.51. The number of nitrogens with zero attached hydrogens (tertiary/aromatic N) is 6. The van der Waals surface area contributed by atoms with Crippen LogP contribution in [0.5, 0.6) is 0 Å². The normalized spacial score (nSPS) is 27.2. The molecule has 2 amide bonds. The molecule has 5 rings (SSSR count). The van der Waals surface area contributed by atoms with Crippen LogP contribution in [-0.4, -0.2) is 81.7 Å². The third-order valence-corrected chi connectivity index (χ3v) is 6.78. The van der Waals surface area contributed by atoms with Crippen LogP contribution in [-0.2, 0) is 9.59 Å². The molecule has 2 saturated heterocycles. The quantitative estimate of drug-likeness (QED) is 0.513. The second-order valence-corrected chi connectivity index (χ2v) is 9.35. The minimum absolute atomic E-state index is 0.0317. The maximum atomic E-state index is 14.0. The first-order valence-electron chi connectivity index (χ1n) is 11.5. The molecular formula is C22H29FN8O2. The van der Waals surface area contributed by atoms with Crippen LogP contribution < -0.4 is 15.5 Å². The fourth-order valence-electron chi connectivity index (χ4n) is 4.88. The Balaban J connectivity index is 1.48. The minimum atomic E-state index is -0.905. The van der Waals surface area contributed by atoms with Crippen molar-refractivity contribution in [3.8, 4) is 0 Å². The number of hydrogen-bond acceptors (Lipinski definition) is 8. The Bertz CT molecular complexity index is 1110. The maximum Gasteiger partial charge on any atom is 0.254 e. The third-order valence-electron chi connectivity index (χ3n) is 6.78. The number of alkyl halides is 1. The van der Waals surface area contributed by atoms with E-state index in [1.807, 2.05) is 4.90 Å². The van der Waals surface area contributed by atoms with E-state index in [4.69, 9.17) is 9.97 Å². The van der Waals surface area contributed by atoms with Crippen molar-refractivity contribution in [3.05, 3.63) is 17.3 Å². The zero-order valence-corrected chi connectivity index (χ0v) is 18.9. The molecule has 10 nitrogen and oxygen atoms in total. The summed E-state index contributed by atoms with van der Waals surface area (Å²) in [6.45, 7) is 0.806. The predicted octanol–water partition coefficient (Wildman–Crippen LogP) is 1.39. The number of amides is 2. The van der Waals surface area contributed by atoms with Crippen molar-refractivity contribution in [2.24, 2.45) is 0 Å². The first-order chi connectivity index (χ1) is 15.9. The number of carbonyl (C=O) groups is 2. The average Bonchev–Trinajstić information content (AvgIpc) is 3.47. The van der Waals surface area contributed by atoms with E-state index >= 15 is 0 Å². The van der Waals surface area contributed by atoms with E-state index in [1.165, 1.54) is 0 Å². The zero-order valence-electron chi connectivity index (χ0n) is 18.9. The van der Waals surface area contributed by atoms with Crippen molar-refractivity contribution < 1.29 is 14.0 Å². The fraction of sp³-hybridized carbons (Fsp3) is 0.591. The summed E-state index contributed by atoms with van der Waals surface area (Å²) in [6, 6.07) is 0.841. The molecule has 0 aromatic carbocycles. The lowest BCUT2D eigenvalue weighted by atomic mass is 9.91. The lowest BCUT2D eigenvalue weighted by Gasteiger charge is -2.33. The van der Waals surface area contributed by atoms with E-state index in [-0.39, 0.29) is 24.9 Å². The minimum Gasteiger partial charge on any atom is -0.351 e. The number of anilines is 2. The van der Waals surface area contributed by atoms with E-state index in [9.17, 15) is 14.0 Å². The Hall–Kier alpha value is -3.08. The van der Waals surface area contributed by atoms with Crippen LogP contribution in [0.25, 0.3) is 11.7 Å². The molecule has 1 atom stereocenters. The molecule has 0 radical (unpaired) electrons. The van der Waals surface area contributed by atoms with Gasteiger partial charge >= 0.3 is 0 Å². The molecule has 0 bridgehead atoms. The Morgan fingerprint density at radius 3 is 2.61 bits per heavy atom. The van der Waals surface area contributed by atoms with Gasteiger partial charge in [-0.05, 0) is 52.3 Å². The zero-order chi connectivity index (χ0) is 23.1. The molecule has 33 heavy (non-hydrogen) atoms. The van der Waals surface area contributed by atoms with Gasteiger partial charge in [-0.2, -0.15) is 19.6 Å².